The van der Waals surface area contributed by atoms with Gasteiger partial charge in [0, 0.05) is 31.7 Å². The Labute approximate surface area is 165 Å². The summed E-state index contributed by atoms with van der Waals surface area (Å²) in [4.78, 5) is 28.5. The van der Waals surface area contributed by atoms with Gasteiger partial charge >= 0.3 is 5.97 Å². The summed E-state index contributed by atoms with van der Waals surface area (Å²) in [7, 11) is 1.57. The molecule has 3 rings (SSSR count). The zero-order valence-corrected chi connectivity index (χ0v) is 16.5. The summed E-state index contributed by atoms with van der Waals surface area (Å²) < 4.78 is 5.19. The second kappa shape index (κ2) is 8.44. The second-order valence-corrected chi connectivity index (χ2v) is 7.16. The molecule has 1 atom stereocenters. The molecule has 0 bridgehead atoms. The van der Waals surface area contributed by atoms with Gasteiger partial charge in [0.2, 0.25) is 0 Å². The summed E-state index contributed by atoms with van der Waals surface area (Å²) in [5.41, 5.74) is 3.48. The molecule has 1 N–H and O–H groups in total. The van der Waals surface area contributed by atoms with Crippen LogP contribution in [0, 0.1) is 13.8 Å². The summed E-state index contributed by atoms with van der Waals surface area (Å²) in [5, 5.41) is 9.85. The highest BCUT2D eigenvalue weighted by atomic mass is 16.5. The van der Waals surface area contributed by atoms with Crippen molar-refractivity contribution in [1.29, 1.82) is 0 Å². The van der Waals surface area contributed by atoms with Gasteiger partial charge in [0.15, 0.2) is 0 Å². The van der Waals surface area contributed by atoms with E-state index in [1.54, 1.807) is 36.3 Å². The molecule has 1 fully saturated rings. The lowest BCUT2D eigenvalue weighted by Crippen LogP contribution is -2.51. The lowest BCUT2D eigenvalue weighted by atomic mass is 9.97. The lowest BCUT2D eigenvalue weighted by Gasteiger charge is -2.38. The van der Waals surface area contributed by atoms with Crippen LogP contribution in [0.3, 0.4) is 0 Å². The van der Waals surface area contributed by atoms with Gasteiger partial charge in [-0.3, -0.25) is 14.5 Å². The molecule has 6 heteroatoms. The first-order valence-corrected chi connectivity index (χ1v) is 9.38. The van der Waals surface area contributed by atoms with Crippen LogP contribution in [0.5, 0.6) is 5.75 Å². The molecule has 0 radical (unpaired) electrons. The van der Waals surface area contributed by atoms with E-state index in [0.717, 1.165) is 16.7 Å². The van der Waals surface area contributed by atoms with Gasteiger partial charge in [-0.2, -0.15) is 0 Å². The average molecular weight is 382 g/mol. The largest absolute Gasteiger partial charge is 0.497 e. The fourth-order valence-corrected chi connectivity index (χ4v) is 3.74. The third-order valence-electron chi connectivity index (χ3n) is 5.24. The molecule has 0 unspecified atom stereocenters. The third-order valence-corrected chi connectivity index (χ3v) is 5.24. The highest BCUT2D eigenvalue weighted by Gasteiger charge is 2.32. The molecule has 1 amide bonds. The second-order valence-electron chi connectivity index (χ2n) is 7.16. The number of hydrogen-bond acceptors (Lipinski definition) is 4. The monoisotopic (exact) mass is 382 g/mol. The number of aryl methyl sites for hydroxylation is 2. The Hall–Kier alpha value is -2.86. The summed E-state index contributed by atoms with van der Waals surface area (Å²) in [6.07, 6.45) is 0. The highest BCUT2D eigenvalue weighted by Crippen LogP contribution is 2.27. The first kappa shape index (κ1) is 19.9. The quantitative estimate of drug-likeness (QED) is 0.861. The van der Waals surface area contributed by atoms with Crippen LogP contribution in [-0.4, -0.2) is 60.1 Å². The molecule has 0 saturated carbocycles. The number of rotatable bonds is 5. The third kappa shape index (κ3) is 4.17. The molecule has 28 heavy (non-hydrogen) atoms. The molecule has 1 saturated heterocycles. The van der Waals surface area contributed by atoms with Gasteiger partial charge in [-0.1, -0.05) is 29.8 Å². The molecule has 1 heterocycles. The zero-order chi connectivity index (χ0) is 20.3. The number of carboxylic acids is 1. The van der Waals surface area contributed by atoms with Gasteiger partial charge in [-0.05, 0) is 43.2 Å². The van der Waals surface area contributed by atoms with E-state index in [4.69, 9.17) is 4.74 Å². The number of methoxy groups -OCH3 is 1. The molecule has 6 nitrogen and oxygen atoms in total. The van der Waals surface area contributed by atoms with Crippen molar-refractivity contribution >= 4 is 11.9 Å². The number of benzene rings is 2. The topological polar surface area (TPSA) is 70.1 Å². The number of hydrogen-bond donors (Lipinski definition) is 1. The standard InChI is InChI=1S/C22H26N2O4/c1-15-7-8-19(16(2)13-15)20(22(26)27)23-9-11-24(12-10-23)21(25)17-5-4-6-18(14-17)28-3/h4-8,13-14,20H,9-12H2,1-3H3,(H,26,27)/t20-/m1/s1. The maximum Gasteiger partial charge on any atom is 0.325 e. The molecule has 1 aliphatic rings. The molecule has 0 aromatic heterocycles. The lowest BCUT2D eigenvalue weighted by molar-refractivity contribution is -0.144. The molecule has 1 aliphatic heterocycles. The van der Waals surface area contributed by atoms with Crippen LogP contribution in [0.2, 0.25) is 0 Å². The molecule has 0 aliphatic carbocycles. The smallest absolute Gasteiger partial charge is 0.325 e. The minimum Gasteiger partial charge on any atom is -0.497 e. The van der Waals surface area contributed by atoms with E-state index >= 15 is 0 Å². The number of carboxylic acid groups (broad SMARTS) is 1. The van der Waals surface area contributed by atoms with E-state index in [2.05, 4.69) is 0 Å². The Balaban J connectivity index is 1.72. The van der Waals surface area contributed by atoms with Crippen molar-refractivity contribution in [3.63, 3.8) is 0 Å². The van der Waals surface area contributed by atoms with E-state index in [-0.39, 0.29) is 5.91 Å². The fourth-order valence-electron chi connectivity index (χ4n) is 3.74. The number of nitrogens with zero attached hydrogens (tertiary/aromatic N) is 2. The Morgan fingerprint density at radius 1 is 1.04 bits per heavy atom. The van der Waals surface area contributed by atoms with E-state index in [1.807, 2.05) is 36.9 Å². The van der Waals surface area contributed by atoms with Crippen LogP contribution in [0.25, 0.3) is 0 Å². The van der Waals surface area contributed by atoms with Crippen molar-refractivity contribution in [3.8, 4) is 5.75 Å². The number of carbonyl (C=O) groups excluding carboxylic acids is 1. The molecule has 148 valence electrons. The van der Waals surface area contributed by atoms with Crippen LogP contribution >= 0.6 is 0 Å². The van der Waals surface area contributed by atoms with Crippen molar-refractivity contribution in [2.24, 2.45) is 0 Å². The fraction of sp³-hybridized carbons (Fsp3) is 0.364. The van der Waals surface area contributed by atoms with E-state index in [1.165, 1.54) is 0 Å². The summed E-state index contributed by atoms with van der Waals surface area (Å²) in [6, 6.07) is 12.2. The van der Waals surface area contributed by atoms with Crippen molar-refractivity contribution in [3.05, 3.63) is 64.7 Å². The summed E-state index contributed by atoms with van der Waals surface area (Å²) in [5.74, 6) is -0.276. The summed E-state index contributed by atoms with van der Waals surface area (Å²) in [6.45, 7) is 5.95. The van der Waals surface area contributed by atoms with Gasteiger partial charge in [0.05, 0.1) is 7.11 Å². The van der Waals surface area contributed by atoms with Crippen LogP contribution < -0.4 is 4.74 Å². The Kier molecular flexibility index (Phi) is 5.99. The molecular weight excluding hydrogens is 356 g/mol. The summed E-state index contributed by atoms with van der Waals surface area (Å²) >= 11 is 0. The Morgan fingerprint density at radius 2 is 1.75 bits per heavy atom. The number of carbonyl (C=O) groups is 2. The predicted octanol–water partition coefficient (Wildman–Crippen LogP) is 2.90. The van der Waals surface area contributed by atoms with Gasteiger partial charge in [-0.15, -0.1) is 0 Å². The minimum absolute atomic E-state index is 0.0584. The first-order valence-electron chi connectivity index (χ1n) is 9.38. The SMILES string of the molecule is COc1cccc(C(=O)N2CCN([C@@H](C(=O)O)c3ccc(C)cc3C)CC2)c1. The molecule has 2 aromatic carbocycles. The van der Waals surface area contributed by atoms with Crippen LogP contribution in [0.4, 0.5) is 0 Å². The number of ether oxygens (including phenoxy) is 1. The maximum absolute atomic E-state index is 12.8. The van der Waals surface area contributed by atoms with Gasteiger partial charge in [-0.25, -0.2) is 0 Å². The number of piperazine rings is 1. The average Bonchev–Trinajstić information content (AvgIpc) is 2.69. The Morgan fingerprint density at radius 3 is 2.36 bits per heavy atom. The number of aliphatic carboxylic acids is 1. The Bertz CT molecular complexity index is 873. The van der Waals surface area contributed by atoms with Crippen LogP contribution in [-0.2, 0) is 4.79 Å². The van der Waals surface area contributed by atoms with Crippen LogP contribution in [0.15, 0.2) is 42.5 Å². The predicted molar refractivity (Wildman–Crippen MR) is 107 cm³/mol. The maximum atomic E-state index is 12.8. The van der Waals surface area contributed by atoms with E-state index < -0.39 is 12.0 Å². The van der Waals surface area contributed by atoms with Gasteiger partial charge in [0.25, 0.3) is 5.91 Å². The van der Waals surface area contributed by atoms with E-state index in [0.29, 0.717) is 37.5 Å². The van der Waals surface area contributed by atoms with Crippen molar-refractivity contribution in [2.75, 3.05) is 33.3 Å². The minimum atomic E-state index is -0.862. The van der Waals surface area contributed by atoms with Crippen molar-refractivity contribution < 1.29 is 19.4 Å². The normalized spacial score (nSPS) is 15.9. The molecule has 2 aromatic rings. The number of amides is 1. The van der Waals surface area contributed by atoms with E-state index in [9.17, 15) is 14.7 Å². The molecular formula is C22H26N2O4. The van der Waals surface area contributed by atoms with Gasteiger partial charge < -0.3 is 14.7 Å². The molecule has 0 spiro atoms. The first-order chi connectivity index (χ1) is 13.4. The van der Waals surface area contributed by atoms with Crippen molar-refractivity contribution in [2.45, 2.75) is 19.9 Å². The van der Waals surface area contributed by atoms with Crippen molar-refractivity contribution in [1.82, 2.24) is 9.80 Å². The van der Waals surface area contributed by atoms with Gasteiger partial charge in [0.1, 0.15) is 11.8 Å². The highest BCUT2D eigenvalue weighted by molar-refractivity contribution is 5.94. The zero-order valence-electron chi connectivity index (χ0n) is 16.5. The van der Waals surface area contributed by atoms with Crippen LogP contribution in [0.1, 0.15) is 33.1 Å².